The smallest absolute Gasteiger partial charge is 0.166 e. The fourth-order valence-corrected chi connectivity index (χ4v) is 2.53. The predicted octanol–water partition coefficient (Wildman–Crippen LogP) is 5.75. The van der Waals surface area contributed by atoms with Gasteiger partial charge >= 0.3 is 6.18 Å². The van der Waals surface area contributed by atoms with E-state index < -0.39 is 11.7 Å². The molecule has 2 aromatic carbocycles. The molecule has 2 rings (SSSR count). The summed E-state index contributed by atoms with van der Waals surface area (Å²) in [5.74, 6) is 0. The van der Waals surface area contributed by atoms with Gasteiger partial charge in [-0.05, 0) is 48.7 Å². The van der Waals surface area contributed by atoms with Gasteiger partial charge in [0.05, 0.1) is 5.56 Å². The highest BCUT2D eigenvalue weighted by atomic mass is 79.9. The summed E-state index contributed by atoms with van der Waals surface area (Å²) in [6.45, 7) is 3.60. The molecule has 0 aliphatic rings. The van der Waals surface area contributed by atoms with Gasteiger partial charge in [-0.1, -0.05) is 39.7 Å². The van der Waals surface area contributed by atoms with Gasteiger partial charge in [-0.2, -0.15) is 13.2 Å². The van der Waals surface area contributed by atoms with Crippen LogP contribution in [0.2, 0.25) is 0 Å². The Hall–Kier alpha value is -1.29. The monoisotopic (exact) mass is 328 g/mol. The Morgan fingerprint density at radius 1 is 0.895 bits per heavy atom. The second kappa shape index (κ2) is 5.00. The summed E-state index contributed by atoms with van der Waals surface area (Å²) in [6, 6.07) is 9.50. The number of hydrogen-bond donors (Lipinski definition) is 0. The largest absolute Gasteiger partial charge is 0.417 e. The molecule has 0 saturated carbocycles. The van der Waals surface area contributed by atoms with Crippen LogP contribution in [0.3, 0.4) is 0 Å². The molecule has 0 aromatic heterocycles. The van der Waals surface area contributed by atoms with Gasteiger partial charge in [0.25, 0.3) is 0 Å². The van der Waals surface area contributed by atoms with Crippen LogP contribution in [0.5, 0.6) is 0 Å². The Kier molecular flexibility index (Phi) is 3.72. The molecule has 0 unspecified atom stereocenters. The van der Waals surface area contributed by atoms with Gasteiger partial charge in [0, 0.05) is 4.47 Å². The molecule has 0 saturated heterocycles. The van der Waals surface area contributed by atoms with Gasteiger partial charge in [-0.15, -0.1) is 0 Å². The topological polar surface area (TPSA) is 0 Å². The van der Waals surface area contributed by atoms with E-state index in [-0.39, 0.29) is 5.56 Å². The summed E-state index contributed by atoms with van der Waals surface area (Å²) in [6.07, 6.45) is -4.34. The number of hydrogen-bond acceptors (Lipinski definition) is 0. The van der Waals surface area contributed by atoms with Crippen LogP contribution in [0.15, 0.2) is 40.9 Å². The van der Waals surface area contributed by atoms with E-state index in [9.17, 15) is 13.2 Å². The van der Waals surface area contributed by atoms with Crippen molar-refractivity contribution in [1.29, 1.82) is 0 Å². The summed E-state index contributed by atoms with van der Waals surface area (Å²) >= 11 is 3.32. The Bertz CT molecular complexity index is 615. The summed E-state index contributed by atoms with van der Waals surface area (Å²) in [5, 5.41) is 0. The summed E-state index contributed by atoms with van der Waals surface area (Å²) in [5.41, 5.74) is 1.87. The van der Waals surface area contributed by atoms with Crippen LogP contribution in [0.25, 0.3) is 11.1 Å². The normalized spacial score (nSPS) is 11.7. The first-order valence-corrected chi connectivity index (χ1v) is 6.52. The fourth-order valence-electron chi connectivity index (χ4n) is 2.06. The van der Waals surface area contributed by atoms with Crippen LogP contribution < -0.4 is 0 Å². The van der Waals surface area contributed by atoms with Crippen molar-refractivity contribution in [3.05, 3.63) is 57.6 Å². The molecule has 0 aliphatic carbocycles. The molecule has 0 radical (unpaired) electrons. The van der Waals surface area contributed by atoms with Gasteiger partial charge < -0.3 is 0 Å². The van der Waals surface area contributed by atoms with Crippen molar-refractivity contribution in [1.82, 2.24) is 0 Å². The Labute approximate surface area is 118 Å². The third kappa shape index (κ3) is 3.00. The molecule has 0 aliphatic heterocycles. The molecule has 0 nitrogen and oxygen atoms in total. The van der Waals surface area contributed by atoms with Crippen LogP contribution in [0, 0.1) is 13.8 Å². The molecule has 2 aromatic rings. The van der Waals surface area contributed by atoms with Crippen LogP contribution in [-0.2, 0) is 6.18 Å². The van der Waals surface area contributed by atoms with E-state index in [4.69, 9.17) is 0 Å². The zero-order chi connectivity index (χ0) is 14.2. The molecule has 19 heavy (non-hydrogen) atoms. The van der Waals surface area contributed by atoms with Gasteiger partial charge in [0.15, 0.2) is 0 Å². The highest BCUT2D eigenvalue weighted by Crippen LogP contribution is 2.39. The molecular formula is C15H12BrF3. The van der Waals surface area contributed by atoms with E-state index in [0.717, 1.165) is 21.7 Å². The molecule has 0 atom stereocenters. The predicted molar refractivity (Wildman–Crippen MR) is 74.1 cm³/mol. The maximum atomic E-state index is 13.1. The minimum Gasteiger partial charge on any atom is -0.166 e. The number of alkyl halides is 3. The van der Waals surface area contributed by atoms with Crippen molar-refractivity contribution in [2.75, 3.05) is 0 Å². The summed E-state index contributed by atoms with van der Waals surface area (Å²) < 4.78 is 40.1. The zero-order valence-corrected chi connectivity index (χ0v) is 12.1. The molecule has 0 amide bonds. The lowest BCUT2D eigenvalue weighted by atomic mass is 9.94. The highest BCUT2D eigenvalue weighted by molar-refractivity contribution is 9.10. The lowest BCUT2D eigenvalue weighted by Crippen LogP contribution is -2.07. The van der Waals surface area contributed by atoms with Gasteiger partial charge in [-0.25, -0.2) is 0 Å². The third-order valence-corrected chi connectivity index (χ3v) is 3.45. The quantitative estimate of drug-likeness (QED) is 0.625. The molecular weight excluding hydrogens is 317 g/mol. The third-order valence-electron chi connectivity index (χ3n) is 2.96. The summed E-state index contributed by atoms with van der Waals surface area (Å²) in [7, 11) is 0. The number of benzene rings is 2. The average Bonchev–Trinajstić information content (AvgIpc) is 2.27. The van der Waals surface area contributed by atoms with E-state index in [1.54, 1.807) is 25.1 Å². The number of halogens is 4. The van der Waals surface area contributed by atoms with Crippen molar-refractivity contribution < 1.29 is 13.2 Å². The zero-order valence-electron chi connectivity index (χ0n) is 10.5. The van der Waals surface area contributed by atoms with Crippen LogP contribution in [0.4, 0.5) is 13.2 Å². The van der Waals surface area contributed by atoms with E-state index in [1.165, 1.54) is 6.07 Å². The Balaban J connectivity index is 2.70. The molecule has 0 bridgehead atoms. The molecule has 0 spiro atoms. The lowest BCUT2D eigenvalue weighted by molar-refractivity contribution is -0.137. The average molecular weight is 329 g/mol. The minimum atomic E-state index is -4.34. The van der Waals surface area contributed by atoms with Gasteiger partial charge in [0.2, 0.25) is 0 Å². The van der Waals surface area contributed by atoms with Crippen LogP contribution in [0.1, 0.15) is 16.7 Å². The Morgan fingerprint density at radius 2 is 1.58 bits per heavy atom. The second-order valence-corrected chi connectivity index (χ2v) is 5.42. The van der Waals surface area contributed by atoms with Crippen LogP contribution >= 0.6 is 15.9 Å². The molecule has 0 heterocycles. The fraction of sp³-hybridized carbons (Fsp3) is 0.200. The minimum absolute atomic E-state index is 0.234. The molecule has 0 N–H and O–H groups in total. The van der Waals surface area contributed by atoms with Crippen molar-refractivity contribution in [2.45, 2.75) is 20.0 Å². The summed E-state index contributed by atoms with van der Waals surface area (Å²) in [4.78, 5) is 0. The maximum Gasteiger partial charge on any atom is 0.417 e. The van der Waals surface area contributed by atoms with Crippen molar-refractivity contribution in [3.63, 3.8) is 0 Å². The van der Waals surface area contributed by atoms with Crippen molar-refractivity contribution >= 4 is 15.9 Å². The maximum absolute atomic E-state index is 13.1. The molecule has 100 valence electrons. The lowest BCUT2D eigenvalue weighted by Gasteiger charge is -2.15. The SMILES string of the molecule is Cc1ccc(C(F)(F)F)c(-c2ccc(Br)cc2C)c1. The first-order chi connectivity index (χ1) is 8.79. The van der Waals surface area contributed by atoms with Crippen LogP contribution in [-0.4, -0.2) is 0 Å². The van der Waals surface area contributed by atoms with Crippen molar-refractivity contribution in [3.8, 4) is 11.1 Å². The molecule has 4 heteroatoms. The number of aryl methyl sites for hydroxylation is 2. The van der Waals surface area contributed by atoms with Crippen molar-refractivity contribution in [2.24, 2.45) is 0 Å². The first kappa shape index (κ1) is 14.1. The highest BCUT2D eigenvalue weighted by Gasteiger charge is 2.33. The number of rotatable bonds is 1. The first-order valence-electron chi connectivity index (χ1n) is 5.73. The van der Waals surface area contributed by atoms with E-state index in [1.807, 2.05) is 13.0 Å². The van der Waals surface area contributed by atoms with E-state index >= 15 is 0 Å². The van der Waals surface area contributed by atoms with E-state index in [0.29, 0.717) is 5.56 Å². The Morgan fingerprint density at radius 3 is 2.16 bits per heavy atom. The van der Waals surface area contributed by atoms with Gasteiger partial charge in [0.1, 0.15) is 0 Å². The molecule has 0 fully saturated rings. The van der Waals surface area contributed by atoms with E-state index in [2.05, 4.69) is 15.9 Å². The second-order valence-electron chi connectivity index (χ2n) is 4.51. The van der Waals surface area contributed by atoms with Gasteiger partial charge in [-0.3, -0.25) is 0 Å². The standard InChI is InChI=1S/C15H12BrF3/c1-9-3-6-14(15(17,18)19)13(7-9)12-5-4-11(16)8-10(12)2/h3-8H,1-2H3.